The van der Waals surface area contributed by atoms with Gasteiger partial charge in [-0.1, -0.05) is 29.3 Å². The lowest BCUT2D eigenvalue weighted by atomic mass is 9.96. The summed E-state index contributed by atoms with van der Waals surface area (Å²) in [5.74, 6) is 0.203. The Morgan fingerprint density at radius 3 is 2.52 bits per heavy atom. The van der Waals surface area contributed by atoms with Crippen molar-refractivity contribution in [3.05, 3.63) is 34.9 Å². The zero-order valence-electron chi connectivity index (χ0n) is 13.3. The van der Waals surface area contributed by atoms with Crippen LogP contribution in [-0.4, -0.2) is 32.3 Å². The Morgan fingerprint density at radius 1 is 1.33 bits per heavy atom. The van der Waals surface area contributed by atoms with Gasteiger partial charge in [0.15, 0.2) is 0 Å². The number of methoxy groups -OCH3 is 1. The van der Waals surface area contributed by atoms with E-state index in [1.54, 1.807) is 0 Å². The van der Waals surface area contributed by atoms with Crippen molar-refractivity contribution in [3.8, 4) is 0 Å². The topological polar surface area (TPSA) is 47.6 Å². The maximum Gasteiger partial charge on any atom is 0.327 e. The Hall–Kier alpha value is -1.39. The molecular formula is C17H25NO3. The molecule has 1 aliphatic rings. The van der Waals surface area contributed by atoms with Crippen LogP contribution < -0.4 is 5.32 Å². The average Bonchev–Trinajstić information content (AvgIpc) is 2.96. The van der Waals surface area contributed by atoms with Crippen LogP contribution in [0.4, 0.5) is 0 Å². The normalized spacial score (nSPS) is 21.0. The van der Waals surface area contributed by atoms with Crippen molar-refractivity contribution in [2.45, 2.75) is 39.3 Å². The maximum absolute atomic E-state index is 12.2. The number of rotatable bonds is 5. The number of carbonyl (C=O) groups excluding carboxylic acids is 1. The van der Waals surface area contributed by atoms with Crippen molar-refractivity contribution in [1.29, 1.82) is 0 Å². The molecule has 0 saturated carbocycles. The molecule has 1 saturated heterocycles. The number of carbonyl (C=O) groups is 1. The molecule has 0 amide bonds. The molecule has 3 atom stereocenters. The van der Waals surface area contributed by atoms with E-state index in [1.165, 1.54) is 7.11 Å². The van der Waals surface area contributed by atoms with Gasteiger partial charge in [-0.05, 0) is 38.7 Å². The Balaban J connectivity index is 2.19. The van der Waals surface area contributed by atoms with Gasteiger partial charge in [-0.25, -0.2) is 4.79 Å². The SMILES string of the molecule is COC(=O)C(NC(C)C1CCOC1)c1cc(C)cc(C)c1. The molecule has 1 aromatic rings. The van der Waals surface area contributed by atoms with E-state index >= 15 is 0 Å². The van der Waals surface area contributed by atoms with Crippen LogP contribution in [0.3, 0.4) is 0 Å². The Bertz CT molecular complexity index is 475. The van der Waals surface area contributed by atoms with Crippen LogP contribution >= 0.6 is 0 Å². The minimum atomic E-state index is -0.427. The molecular weight excluding hydrogens is 266 g/mol. The van der Waals surface area contributed by atoms with Gasteiger partial charge >= 0.3 is 5.97 Å². The Morgan fingerprint density at radius 2 is 2.00 bits per heavy atom. The van der Waals surface area contributed by atoms with E-state index in [0.29, 0.717) is 5.92 Å². The summed E-state index contributed by atoms with van der Waals surface area (Å²) < 4.78 is 10.4. The van der Waals surface area contributed by atoms with Crippen molar-refractivity contribution in [3.63, 3.8) is 0 Å². The summed E-state index contributed by atoms with van der Waals surface area (Å²) in [7, 11) is 1.43. The molecule has 116 valence electrons. The molecule has 0 bridgehead atoms. The predicted octanol–water partition coefficient (Wildman–Crippen LogP) is 2.53. The highest BCUT2D eigenvalue weighted by molar-refractivity contribution is 5.77. The third kappa shape index (κ3) is 4.05. The quantitative estimate of drug-likeness (QED) is 0.847. The summed E-state index contributed by atoms with van der Waals surface area (Å²) in [5, 5.41) is 3.43. The fraction of sp³-hybridized carbons (Fsp3) is 0.588. The Labute approximate surface area is 126 Å². The maximum atomic E-state index is 12.2. The molecule has 0 aliphatic carbocycles. The summed E-state index contributed by atoms with van der Waals surface area (Å²) >= 11 is 0. The number of esters is 1. The third-order valence-corrected chi connectivity index (χ3v) is 4.12. The lowest BCUT2D eigenvalue weighted by Gasteiger charge is -2.25. The second kappa shape index (κ2) is 7.05. The first-order valence-corrected chi connectivity index (χ1v) is 7.51. The molecule has 1 fully saturated rings. The van der Waals surface area contributed by atoms with Crippen molar-refractivity contribution >= 4 is 5.97 Å². The van der Waals surface area contributed by atoms with Gasteiger partial charge in [0.05, 0.1) is 13.7 Å². The van der Waals surface area contributed by atoms with Crippen LogP contribution in [-0.2, 0) is 14.3 Å². The minimum Gasteiger partial charge on any atom is -0.468 e. The highest BCUT2D eigenvalue weighted by atomic mass is 16.5. The summed E-state index contributed by atoms with van der Waals surface area (Å²) in [4.78, 5) is 12.2. The van der Waals surface area contributed by atoms with E-state index in [1.807, 2.05) is 26.0 Å². The molecule has 1 aromatic carbocycles. The lowest BCUT2D eigenvalue weighted by molar-refractivity contribution is -0.143. The van der Waals surface area contributed by atoms with Crippen LogP contribution in [0, 0.1) is 19.8 Å². The van der Waals surface area contributed by atoms with E-state index in [0.717, 1.165) is 36.3 Å². The molecule has 21 heavy (non-hydrogen) atoms. The molecule has 1 heterocycles. The summed E-state index contributed by atoms with van der Waals surface area (Å²) in [6.45, 7) is 7.76. The molecule has 1 N–H and O–H groups in total. The average molecular weight is 291 g/mol. The summed E-state index contributed by atoms with van der Waals surface area (Å²) in [5.41, 5.74) is 3.26. The third-order valence-electron chi connectivity index (χ3n) is 4.12. The second-order valence-electron chi connectivity index (χ2n) is 5.96. The van der Waals surface area contributed by atoms with E-state index in [4.69, 9.17) is 9.47 Å². The van der Waals surface area contributed by atoms with Gasteiger partial charge in [-0.2, -0.15) is 0 Å². The van der Waals surface area contributed by atoms with E-state index in [9.17, 15) is 4.79 Å². The zero-order chi connectivity index (χ0) is 15.4. The van der Waals surface area contributed by atoms with Crippen molar-refractivity contribution in [2.75, 3.05) is 20.3 Å². The van der Waals surface area contributed by atoms with Crippen molar-refractivity contribution in [2.24, 2.45) is 5.92 Å². The number of hydrogen-bond acceptors (Lipinski definition) is 4. The highest BCUT2D eigenvalue weighted by Crippen LogP contribution is 2.23. The summed E-state index contributed by atoms with van der Waals surface area (Å²) in [6.07, 6.45) is 1.04. The smallest absolute Gasteiger partial charge is 0.327 e. The van der Waals surface area contributed by atoms with Crippen molar-refractivity contribution in [1.82, 2.24) is 5.32 Å². The Kier molecular flexibility index (Phi) is 5.37. The number of aryl methyl sites for hydroxylation is 2. The minimum absolute atomic E-state index is 0.206. The van der Waals surface area contributed by atoms with Crippen LogP contribution in [0.2, 0.25) is 0 Å². The second-order valence-corrected chi connectivity index (χ2v) is 5.96. The number of hydrogen-bond donors (Lipinski definition) is 1. The van der Waals surface area contributed by atoms with Gasteiger partial charge in [0.1, 0.15) is 6.04 Å². The molecule has 0 aromatic heterocycles. The van der Waals surface area contributed by atoms with Gasteiger partial charge in [-0.3, -0.25) is 5.32 Å². The first kappa shape index (κ1) is 16.0. The first-order valence-electron chi connectivity index (χ1n) is 7.51. The molecule has 4 heteroatoms. The molecule has 3 unspecified atom stereocenters. The number of benzene rings is 1. The molecule has 2 rings (SSSR count). The van der Waals surface area contributed by atoms with Gasteiger partial charge in [0.25, 0.3) is 0 Å². The van der Waals surface area contributed by atoms with Crippen LogP contribution in [0.15, 0.2) is 18.2 Å². The fourth-order valence-corrected chi connectivity index (χ4v) is 2.94. The monoisotopic (exact) mass is 291 g/mol. The van der Waals surface area contributed by atoms with Gasteiger partial charge in [0.2, 0.25) is 0 Å². The van der Waals surface area contributed by atoms with Crippen LogP contribution in [0.25, 0.3) is 0 Å². The number of nitrogens with one attached hydrogen (secondary N) is 1. The van der Waals surface area contributed by atoms with Crippen LogP contribution in [0.5, 0.6) is 0 Å². The van der Waals surface area contributed by atoms with E-state index in [2.05, 4.69) is 18.3 Å². The zero-order valence-corrected chi connectivity index (χ0v) is 13.3. The highest BCUT2D eigenvalue weighted by Gasteiger charge is 2.28. The molecule has 4 nitrogen and oxygen atoms in total. The molecule has 1 aliphatic heterocycles. The van der Waals surface area contributed by atoms with Crippen LogP contribution in [0.1, 0.15) is 36.1 Å². The summed E-state index contributed by atoms with van der Waals surface area (Å²) in [6, 6.07) is 5.96. The first-order chi connectivity index (χ1) is 10.0. The predicted molar refractivity (Wildman–Crippen MR) is 82.2 cm³/mol. The largest absolute Gasteiger partial charge is 0.468 e. The van der Waals surface area contributed by atoms with E-state index in [-0.39, 0.29) is 12.0 Å². The molecule has 0 radical (unpaired) electrons. The standard InChI is InChI=1S/C17H25NO3/c1-11-7-12(2)9-15(8-11)16(17(19)20-4)18-13(3)14-5-6-21-10-14/h7-9,13-14,16,18H,5-6,10H2,1-4H3. The van der Waals surface area contributed by atoms with E-state index < -0.39 is 6.04 Å². The molecule has 0 spiro atoms. The van der Waals surface area contributed by atoms with Gasteiger partial charge in [-0.15, -0.1) is 0 Å². The number of ether oxygens (including phenoxy) is 2. The fourth-order valence-electron chi connectivity index (χ4n) is 2.94. The van der Waals surface area contributed by atoms with Gasteiger partial charge < -0.3 is 9.47 Å². The van der Waals surface area contributed by atoms with Crippen molar-refractivity contribution < 1.29 is 14.3 Å². The van der Waals surface area contributed by atoms with Gasteiger partial charge in [0, 0.05) is 12.6 Å². The lowest BCUT2D eigenvalue weighted by Crippen LogP contribution is -2.40.